The van der Waals surface area contributed by atoms with Crippen LogP contribution in [0.15, 0.2) is 24.3 Å². The van der Waals surface area contributed by atoms with Gasteiger partial charge in [0.05, 0.1) is 6.61 Å². The summed E-state index contributed by atoms with van der Waals surface area (Å²) in [6.07, 6.45) is 4.99. The molecular weight excluding hydrogens is 212 g/mol. The summed E-state index contributed by atoms with van der Waals surface area (Å²) in [4.78, 5) is 10.9. The van der Waals surface area contributed by atoms with E-state index in [2.05, 4.69) is 6.92 Å². The lowest BCUT2D eigenvalue weighted by atomic mass is 10.1. The maximum Gasteiger partial charge on any atom is 0.130 e. The van der Waals surface area contributed by atoms with Crippen LogP contribution in [-0.4, -0.2) is 12.4 Å². The molecule has 94 valence electrons. The largest absolute Gasteiger partial charge is 0.494 e. The number of carbonyl (C=O) groups excluding carboxylic acids is 1. The Morgan fingerprint density at radius 3 is 2.47 bits per heavy atom. The summed E-state index contributed by atoms with van der Waals surface area (Å²) in [5.41, 5.74) is 1.20. The molecular formula is C15H22O2. The first-order chi connectivity index (χ1) is 8.22. The highest BCUT2D eigenvalue weighted by atomic mass is 16.5. The molecule has 0 atom stereocenters. The number of rotatable bonds is 8. The van der Waals surface area contributed by atoms with Gasteiger partial charge in [-0.3, -0.25) is 0 Å². The number of benzene rings is 1. The minimum Gasteiger partial charge on any atom is -0.494 e. The summed E-state index contributed by atoms with van der Waals surface area (Å²) in [7, 11) is 0. The Labute approximate surface area is 104 Å². The topological polar surface area (TPSA) is 26.3 Å². The zero-order chi connectivity index (χ0) is 12.5. The molecule has 0 saturated carbocycles. The Balaban J connectivity index is 2.31. The van der Waals surface area contributed by atoms with Gasteiger partial charge in [0.2, 0.25) is 0 Å². The molecule has 0 unspecified atom stereocenters. The predicted molar refractivity (Wildman–Crippen MR) is 70.5 cm³/mol. The molecule has 1 rings (SSSR count). The maximum atomic E-state index is 10.9. The van der Waals surface area contributed by atoms with Crippen LogP contribution in [0.3, 0.4) is 0 Å². The van der Waals surface area contributed by atoms with Gasteiger partial charge in [-0.1, -0.05) is 31.9 Å². The summed E-state index contributed by atoms with van der Waals surface area (Å²) in [5, 5.41) is 0. The van der Waals surface area contributed by atoms with Crippen molar-refractivity contribution in [3.8, 4) is 5.75 Å². The highest BCUT2D eigenvalue weighted by Gasteiger charge is 1.98. The molecule has 0 fully saturated rings. The third-order valence-corrected chi connectivity index (χ3v) is 2.71. The molecule has 0 amide bonds. The van der Waals surface area contributed by atoms with Crippen molar-refractivity contribution in [1.82, 2.24) is 0 Å². The number of carbonyl (C=O) groups is 1. The predicted octanol–water partition coefficient (Wildman–Crippen LogP) is 3.78. The first-order valence-corrected chi connectivity index (χ1v) is 6.43. The molecule has 1 aromatic carbocycles. The van der Waals surface area contributed by atoms with Crippen LogP contribution in [-0.2, 0) is 11.2 Å². The zero-order valence-electron chi connectivity index (χ0n) is 10.9. The smallest absolute Gasteiger partial charge is 0.130 e. The fraction of sp³-hybridized carbons (Fsp3) is 0.533. The third kappa shape index (κ3) is 6.10. The van der Waals surface area contributed by atoms with Gasteiger partial charge in [-0.2, -0.15) is 0 Å². The molecule has 0 saturated heterocycles. The van der Waals surface area contributed by atoms with Gasteiger partial charge in [0, 0.05) is 6.42 Å². The lowest BCUT2D eigenvalue weighted by molar-refractivity contribution is -0.116. The number of ether oxygens (including phenoxy) is 1. The van der Waals surface area contributed by atoms with Crippen LogP contribution in [0.5, 0.6) is 5.75 Å². The normalized spacial score (nSPS) is 10.2. The first-order valence-electron chi connectivity index (χ1n) is 6.43. The number of hydrogen-bond acceptors (Lipinski definition) is 2. The molecule has 0 aliphatic heterocycles. The molecule has 2 heteroatoms. The third-order valence-electron chi connectivity index (χ3n) is 2.71. The average Bonchev–Trinajstić information content (AvgIpc) is 2.33. The number of Topliss-reactive ketones (excluding diaryl/α,β-unsaturated/α-hetero) is 1. The monoisotopic (exact) mass is 234 g/mol. The molecule has 2 nitrogen and oxygen atoms in total. The molecule has 0 aliphatic carbocycles. The SMILES string of the molecule is CCCCCOc1ccc(CCC(C)=O)cc1. The fourth-order valence-corrected chi connectivity index (χ4v) is 1.61. The van der Waals surface area contributed by atoms with Crippen molar-refractivity contribution in [1.29, 1.82) is 0 Å². The Hall–Kier alpha value is -1.31. The van der Waals surface area contributed by atoms with E-state index in [-0.39, 0.29) is 5.78 Å². The van der Waals surface area contributed by atoms with Crippen LogP contribution in [0.2, 0.25) is 0 Å². The molecule has 0 bridgehead atoms. The summed E-state index contributed by atoms with van der Waals surface area (Å²) < 4.78 is 5.62. The van der Waals surface area contributed by atoms with E-state index in [9.17, 15) is 4.79 Å². The van der Waals surface area contributed by atoms with Crippen LogP contribution in [0.1, 0.15) is 45.1 Å². The van der Waals surface area contributed by atoms with Crippen LogP contribution < -0.4 is 4.74 Å². The maximum absolute atomic E-state index is 10.9. The van der Waals surface area contributed by atoms with Crippen LogP contribution in [0.4, 0.5) is 0 Å². The Morgan fingerprint density at radius 1 is 1.18 bits per heavy atom. The van der Waals surface area contributed by atoms with Crippen LogP contribution in [0.25, 0.3) is 0 Å². The van der Waals surface area contributed by atoms with Crippen molar-refractivity contribution in [2.24, 2.45) is 0 Å². The molecule has 0 spiro atoms. The van der Waals surface area contributed by atoms with Gasteiger partial charge < -0.3 is 9.53 Å². The fourth-order valence-electron chi connectivity index (χ4n) is 1.61. The van der Waals surface area contributed by atoms with Crippen molar-refractivity contribution >= 4 is 5.78 Å². The van der Waals surface area contributed by atoms with E-state index < -0.39 is 0 Å². The Morgan fingerprint density at radius 2 is 1.88 bits per heavy atom. The molecule has 0 N–H and O–H groups in total. The molecule has 0 heterocycles. The Bertz CT molecular complexity index is 327. The lowest BCUT2D eigenvalue weighted by Gasteiger charge is -2.06. The van der Waals surface area contributed by atoms with Crippen molar-refractivity contribution in [2.45, 2.75) is 46.0 Å². The molecule has 1 aromatic rings. The second-order valence-corrected chi connectivity index (χ2v) is 4.40. The summed E-state index contributed by atoms with van der Waals surface area (Å²) in [6.45, 7) is 4.61. The molecule has 0 radical (unpaired) electrons. The van der Waals surface area contributed by atoms with Gasteiger partial charge >= 0.3 is 0 Å². The van der Waals surface area contributed by atoms with E-state index in [1.807, 2.05) is 24.3 Å². The van der Waals surface area contributed by atoms with Gasteiger partial charge in [-0.05, 0) is 37.5 Å². The van der Waals surface area contributed by atoms with Gasteiger partial charge in [0.15, 0.2) is 0 Å². The van der Waals surface area contributed by atoms with Gasteiger partial charge in [-0.25, -0.2) is 0 Å². The zero-order valence-corrected chi connectivity index (χ0v) is 10.9. The average molecular weight is 234 g/mol. The van der Waals surface area contributed by atoms with Crippen molar-refractivity contribution in [2.75, 3.05) is 6.61 Å². The van der Waals surface area contributed by atoms with Gasteiger partial charge in [0.1, 0.15) is 11.5 Å². The van der Waals surface area contributed by atoms with E-state index in [1.54, 1.807) is 6.92 Å². The van der Waals surface area contributed by atoms with E-state index in [0.717, 1.165) is 25.2 Å². The molecule has 17 heavy (non-hydrogen) atoms. The number of ketones is 1. The number of aryl methyl sites for hydroxylation is 1. The summed E-state index contributed by atoms with van der Waals surface area (Å²) >= 11 is 0. The number of unbranched alkanes of at least 4 members (excludes halogenated alkanes) is 2. The van der Waals surface area contributed by atoms with E-state index in [0.29, 0.717) is 6.42 Å². The van der Waals surface area contributed by atoms with E-state index >= 15 is 0 Å². The second-order valence-electron chi connectivity index (χ2n) is 4.40. The van der Waals surface area contributed by atoms with Gasteiger partial charge in [0.25, 0.3) is 0 Å². The minimum atomic E-state index is 0.241. The summed E-state index contributed by atoms with van der Waals surface area (Å²) in [5.74, 6) is 1.16. The minimum absolute atomic E-state index is 0.241. The number of hydrogen-bond donors (Lipinski definition) is 0. The van der Waals surface area contributed by atoms with Crippen LogP contribution >= 0.6 is 0 Å². The van der Waals surface area contributed by atoms with Crippen LogP contribution in [0, 0.1) is 0 Å². The summed E-state index contributed by atoms with van der Waals surface area (Å²) in [6, 6.07) is 8.05. The second kappa shape index (κ2) is 7.88. The quantitative estimate of drug-likeness (QED) is 0.640. The van der Waals surface area contributed by atoms with Crippen molar-refractivity contribution < 1.29 is 9.53 Å². The highest BCUT2D eigenvalue weighted by Crippen LogP contribution is 2.14. The van der Waals surface area contributed by atoms with Gasteiger partial charge in [-0.15, -0.1) is 0 Å². The van der Waals surface area contributed by atoms with Crippen molar-refractivity contribution in [3.63, 3.8) is 0 Å². The first kappa shape index (κ1) is 13.8. The Kier molecular flexibility index (Phi) is 6.38. The highest BCUT2D eigenvalue weighted by molar-refractivity contribution is 5.75. The van der Waals surface area contributed by atoms with E-state index in [4.69, 9.17) is 4.74 Å². The van der Waals surface area contributed by atoms with E-state index in [1.165, 1.54) is 18.4 Å². The lowest BCUT2D eigenvalue weighted by Crippen LogP contribution is -1.97. The molecule has 0 aromatic heterocycles. The van der Waals surface area contributed by atoms with Crippen molar-refractivity contribution in [3.05, 3.63) is 29.8 Å². The standard InChI is InChI=1S/C15H22O2/c1-3-4-5-12-17-15-10-8-14(9-11-15)7-6-13(2)16/h8-11H,3-7,12H2,1-2H3. The molecule has 0 aliphatic rings.